The summed E-state index contributed by atoms with van der Waals surface area (Å²) in [6.07, 6.45) is 3.13. The molecule has 1 aliphatic rings. The summed E-state index contributed by atoms with van der Waals surface area (Å²) in [4.78, 5) is 29.8. The average molecular weight is 374 g/mol. The van der Waals surface area contributed by atoms with Crippen LogP contribution in [0.5, 0.6) is 5.75 Å². The van der Waals surface area contributed by atoms with Crippen LogP contribution < -0.4 is 10.1 Å². The Balaban J connectivity index is 0.00000240. The minimum atomic E-state index is -0.463. The number of rotatable bonds is 6. The molecule has 3 aromatic rings. The predicted molar refractivity (Wildman–Crippen MR) is 109 cm³/mol. The number of aromatic nitrogens is 1. The number of amides is 1. The first-order chi connectivity index (χ1) is 13.6. The number of pyridine rings is 1. The van der Waals surface area contributed by atoms with Crippen molar-refractivity contribution in [3.63, 3.8) is 0 Å². The van der Waals surface area contributed by atoms with E-state index >= 15 is 0 Å². The number of carbonyl (C=O) groups is 2. The van der Waals surface area contributed by atoms with Crippen molar-refractivity contribution >= 4 is 17.5 Å². The lowest BCUT2D eigenvalue weighted by Gasteiger charge is -2.15. The van der Waals surface area contributed by atoms with E-state index < -0.39 is 5.41 Å². The maximum absolute atomic E-state index is 12.8. The summed E-state index contributed by atoms with van der Waals surface area (Å²) < 4.78 is 5.25. The SMILES string of the molecule is COc1ccccc1C(=O)c1ccc(NC(=O)C2(c3ccccc3)CC2)nc1.[HH]. The van der Waals surface area contributed by atoms with Gasteiger partial charge in [0.15, 0.2) is 5.78 Å². The molecule has 0 atom stereocenters. The molecule has 142 valence electrons. The number of hydrogen-bond acceptors (Lipinski definition) is 4. The fourth-order valence-electron chi connectivity index (χ4n) is 3.35. The Bertz CT molecular complexity index is 1020. The van der Waals surface area contributed by atoms with Gasteiger partial charge in [-0.3, -0.25) is 9.59 Å². The molecule has 0 aliphatic heterocycles. The van der Waals surface area contributed by atoms with Crippen LogP contribution in [0.25, 0.3) is 0 Å². The number of para-hydroxylation sites is 1. The van der Waals surface area contributed by atoms with E-state index in [0.29, 0.717) is 22.7 Å². The van der Waals surface area contributed by atoms with Gasteiger partial charge in [0, 0.05) is 13.2 Å². The third-order valence-electron chi connectivity index (χ3n) is 5.13. The van der Waals surface area contributed by atoms with Gasteiger partial charge >= 0.3 is 0 Å². The average Bonchev–Trinajstić information content (AvgIpc) is 3.56. The quantitative estimate of drug-likeness (QED) is 0.656. The summed E-state index contributed by atoms with van der Waals surface area (Å²) in [6.45, 7) is 0. The van der Waals surface area contributed by atoms with Gasteiger partial charge in [-0.25, -0.2) is 4.98 Å². The highest BCUT2D eigenvalue weighted by molar-refractivity contribution is 6.10. The van der Waals surface area contributed by atoms with Crippen molar-refractivity contribution in [2.75, 3.05) is 12.4 Å². The van der Waals surface area contributed by atoms with Crippen molar-refractivity contribution in [3.8, 4) is 5.75 Å². The van der Waals surface area contributed by atoms with Crippen LogP contribution in [0.3, 0.4) is 0 Å². The normalized spacial score (nSPS) is 14.2. The molecular formula is C23H22N2O3. The molecule has 1 N–H and O–H groups in total. The lowest BCUT2D eigenvalue weighted by Crippen LogP contribution is -2.28. The monoisotopic (exact) mass is 374 g/mol. The van der Waals surface area contributed by atoms with Crippen molar-refractivity contribution in [1.29, 1.82) is 0 Å². The second-order valence-electron chi connectivity index (χ2n) is 6.86. The van der Waals surface area contributed by atoms with Gasteiger partial charge in [0.25, 0.3) is 0 Å². The maximum atomic E-state index is 12.8. The molecule has 5 heteroatoms. The van der Waals surface area contributed by atoms with Crippen molar-refractivity contribution in [2.24, 2.45) is 0 Å². The zero-order valence-electron chi connectivity index (χ0n) is 15.5. The number of benzene rings is 2. The molecular weight excluding hydrogens is 352 g/mol. The summed E-state index contributed by atoms with van der Waals surface area (Å²) in [6, 6.07) is 20.2. The number of nitrogens with one attached hydrogen (secondary N) is 1. The Morgan fingerprint density at radius 1 is 1.00 bits per heavy atom. The van der Waals surface area contributed by atoms with Gasteiger partial charge in [-0.1, -0.05) is 42.5 Å². The highest BCUT2D eigenvalue weighted by Crippen LogP contribution is 2.48. The van der Waals surface area contributed by atoms with Gasteiger partial charge < -0.3 is 10.1 Å². The van der Waals surface area contributed by atoms with Gasteiger partial charge in [0.05, 0.1) is 18.1 Å². The summed E-state index contributed by atoms with van der Waals surface area (Å²) in [5, 5.41) is 2.89. The minimum Gasteiger partial charge on any atom is -0.496 e. The Morgan fingerprint density at radius 2 is 1.71 bits per heavy atom. The van der Waals surface area contributed by atoms with E-state index in [1.165, 1.54) is 13.3 Å². The predicted octanol–water partition coefficient (Wildman–Crippen LogP) is 4.24. The van der Waals surface area contributed by atoms with Crippen molar-refractivity contribution in [1.82, 2.24) is 4.98 Å². The fourth-order valence-corrected chi connectivity index (χ4v) is 3.35. The first-order valence-electron chi connectivity index (χ1n) is 9.15. The third-order valence-corrected chi connectivity index (χ3v) is 5.13. The van der Waals surface area contributed by atoms with E-state index in [-0.39, 0.29) is 13.1 Å². The van der Waals surface area contributed by atoms with Crippen molar-refractivity contribution in [2.45, 2.75) is 18.3 Å². The van der Waals surface area contributed by atoms with Gasteiger partial charge in [0.2, 0.25) is 5.91 Å². The molecule has 0 saturated heterocycles. The molecule has 4 rings (SSSR count). The maximum Gasteiger partial charge on any atom is 0.236 e. The largest absolute Gasteiger partial charge is 0.496 e. The lowest BCUT2D eigenvalue weighted by molar-refractivity contribution is -0.118. The minimum absolute atomic E-state index is 0. The first kappa shape index (κ1) is 17.9. The second kappa shape index (κ2) is 7.27. The lowest BCUT2D eigenvalue weighted by atomic mass is 9.95. The second-order valence-corrected chi connectivity index (χ2v) is 6.86. The smallest absolute Gasteiger partial charge is 0.236 e. The zero-order chi connectivity index (χ0) is 19.6. The van der Waals surface area contributed by atoms with Crippen molar-refractivity contribution in [3.05, 3.63) is 89.6 Å². The summed E-state index contributed by atoms with van der Waals surface area (Å²) in [7, 11) is 1.53. The van der Waals surface area contributed by atoms with Gasteiger partial charge in [-0.15, -0.1) is 0 Å². The molecule has 1 amide bonds. The topological polar surface area (TPSA) is 68.3 Å². The van der Waals surface area contributed by atoms with E-state index in [4.69, 9.17) is 4.74 Å². The molecule has 0 spiro atoms. The Labute approximate surface area is 164 Å². The molecule has 1 fully saturated rings. The van der Waals surface area contributed by atoms with Crippen LogP contribution in [0, 0.1) is 0 Å². The third kappa shape index (κ3) is 3.27. The highest BCUT2D eigenvalue weighted by Gasteiger charge is 2.51. The van der Waals surface area contributed by atoms with Crippen LogP contribution in [0.15, 0.2) is 72.9 Å². The summed E-state index contributed by atoms with van der Waals surface area (Å²) >= 11 is 0. The number of hydrogen-bond donors (Lipinski definition) is 1. The van der Waals surface area contributed by atoms with Crippen molar-refractivity contribution < 1.29 is 15.8 Å². The Kier molecular flexibility index (Phi) is 4.65. The summed E-state index contributed by atoms with van der Waals surface area (Å²) in [5.74, 6) is 0.716. The van der Waals surface area contributed by atoms with Crippen LogP contribution in [-0.4, -0.2) is 23.8 Å². The van der Waals surface area contributed by atoms with E-state index in [2.05, 4.69) is 10.3 Å². The van der Waals surface area contributed by atoms with Crippen LogP contribution >= 0.6 is 0 Å². The number of ketones is 1. The Morgan fingerprint density at radius 3 is 2.36 bits per heavy atom. The molecule has 0 radical (unpaired) electrons. The number of ether oxygens (including phenoxy) is 1. The standard InChI is InChI=1S/C23H20N2O3.H2/c1-28-19-10-6-5-9-18(19)21(26)16-11-12-20(24-15-16)25-22(27)23(13-14-23)17-7-3-2-4-8-17;/h2-12,15H,13-14H2,1H3,(H,24,25,27);1H. The van der Waals surface area contributed by atoms with Crippen LogP contribution in [0.1, 0.15) is 35.8 Å². The number of methoxy groups -OCH3 is 1. The molecule has 0 bridgehead atoms. The van der Waals surface area contributed by atoms with E-state index in [1.807, 2.05) is 36.4 Å². The fraction of sp³-hybridized carbons (Fsp3) is 0.174. The molecule has 5 nitrogen and oxygen atoms in total. The Hall–Kier alpha value is -3.47. The molecule has 1 saturated carbocycles. The molecule has 1 aliphatic carbocycles. The van der Waals surface area contributed by atoms with E-state index in [0.717, 1.165) is 18.4 Å². The molecule has 2 aromatic carbocycles. The first-order valence-corrected chi connectivity index (χ1v) is 9.15. The zero-order valence-corrected chi connectivity index (χ0v) is 15.5. The highest BCUT2D eigenvalue weighted by atomic mass is 16.5. The van der Waals surface area contributed by atoms with Gasteiger partial charge in [-0.2, -0.15) is 0 Å². The molecule has 1 heterocycles. The molecule has 0 unspecified atom stereocenters. The van der Waals surface area contributed by atoms with E-state index in [1.54, 1.807) is 30.3 Å². The van der Waals surface area contributed by atoms with Crippen LogP contribution in [0.4, 0.5) is 5.82 Å². The van der Waals surface area contributed by atoms with E-state index in [9.17, 15) is 9.59 Å². The van der Waals surface area contributed by atoms with Gasteiger partial charge in [0.1, 0.15) is 11.6 Å². The number of anilines is 1. The van der Waals surface area contributed by atoms with Crippen LogP contribution in [0.2, 0.25) is 0 Å². The van der Waals surface area contributed by atoms with Crippen LogP contribution in [-0.2, 0) is 10.2 Å². The number of nitrogens with zero attached hydrogens (tertiary/aromatic N) is 1. The molecule has 1 aromatic heterocycles. The summed E-state index contributed by atoms with van der Waals surface area (Å²) in [5.41, 5.74) is 1.47. The number of carbonyl (C=O) groups excluding carboxylic acids is 2. The van der Waals surface area contributed by atoms with Gasteiger partial charge in [-0.05, 0) is 42.7 Å². The molecule has 28 heavy (non-hydrogen) atoms.